The molecule has 0 spiro atoms. The Hall–Kier alpha value is -2.62. The Labute approximate surface area is 143 Å². The van der Waals surface area contributed by atoms with E-state index in [1.807, 2.05) is 50.2 Å². The Morgan fingerprint density at radius 1 is 0.833 bits per heavy atom. The first-order valence-corrected chi connectivity index (χ1v) is 7.87. The van der Waals surface area contributed by atoms with E-state index in [0.29, 0.717) is 6.61 Å². The maximum atomic E-state index is 5.69. The topological polar surface area (TPSA) is 36.9 Å². The zero-order valence-corrected chi connectivity index (χ0v) is 14.9. The van der Waals surface area contributed by atoms with E-state index < -0.39 is 0 Å². The van der Waals surface area contributed by atoms with Gasteiger partial charge in [-0.3, -0.25) is 0 Å². The molecule has 0 aliphatic heterocycles. The van der Waals surface area contributed by atoms with Crippen LogP contribution in [0.4, 0.5) is 0 Å². The van der Waals surface area contributed by atoms with Crippen molar-refractivity contribution in [2.24, 2.45) is 0 Å². The van der Waals surface area contributed by atoms with Gasteiger partial charge in [0.15, 0.2) is 11.5 Å². The largest absolute Gasteiger partial charge is 0.497 e. The van der Waals surface area contributed by atoms with Gasteiger partial charge in [-0.2, -0.15) is 0 Å². The van der Waals surface area contributed by atoms with Crippen LogP contribution in [0.25, 0.3) is 5.57 Å². The molecule has 0 fully saturated rings. The lowest BCUT2D eigenvalue weighted by atomic mass is 9.97. The highest BCUT2D eigenvalue weighted by atomic mass is 16.5. The van der Waals surface area contributed by atoms with E-state index in [4.69, 9.17) is 18.9 Å². The number of hydrogen-bond donors (Lipinski definition) is 0. The Kier molecular flexibility index (Phi) is 6.13. The van der Waals surface area contributed by atoms with Gasteiger partial charge >= 0.3 is 0 Å². The van der Waals surface area contributed by atoms with Gasteiger partial charge in [-0.05, 0) is 54.8 Å². The molecule has 0 radical (unpaired) electrons. The third kappa shape index (κ3) is 3.82. The van der Waals surface area contributed by atoms with E-state index in [1.165, 1.54) is 0 Å². The van der Waals surface area contributed by atoms with Crippen molar-refractivity contribution >= 4 is 5.57 Å². The lowest BCUT2D eigenvalue weighted by Gasteiger charge is -2.15. The second-order valence-corrected chi connectivity index (χ2v) is 5.10. The van der Waals surface area contributed by atoms with Gasteiger partial charge in [-0.1, -0.05) is 12.1 Å². The summed E-state index contributed by atoms with van der Waals surface area (Å²) in [5, 5.41) is 0. The Balaban J connectivity index is 2.51. The van der Waals surface area contributed by atoms with E-state index in [2.05, 4.69) is 6.08 Å². The number of hydrogen-bond acceptors (Lipinski definition) is 4. The predicted molar refractivity (Wildman–Crippen MR) is 96.5 cm³/mol. The molecule has 2 rings (SSSR count). The summed E-state index contributed by atoms with van der Waals surface area (Å²) in [7, 11) is 4.93. The van der Waals surface area contributed by atoms with E-state index >= 15 is 0 Å². The third-order valence-corrected chi connectivity index (χ3v) is 3.73. The van der Waals surface area contributed by atoms with Crippen LogP contribution in [0, 0.1) is 0 Å². The van der Waals surface area contributed by atoms with Crippen molar-refractivity contribution in [3.8, 4) is 23.0 Å². The summed E-state index contributed by atoms with van der Waals surface area (Å²) >= 11 is 0. The van der Waals surface area contributed by atoms with E-state index in [1.54, 1.807) is 21.3 Å². The van der Waals surface area contributed by atoms with Crippen LogP contribution in [0.3, 0.4) is 0 Å². The van der Waals surface area contributed by atoms with Crippen LogP contribution in [0.1, 0.15) is 25.0 Å². The zero-order chi connectivity index (χ0) is 17.5. The molecule has 0 aromatic heterocycles. The van der Waals surface area contributed by atoms with E-state index in [0.717, 1.165) is 39.7 Å². The minimum Gasteiger partial charge on any atom is -0.497 e. The first kappa shape index (κ1) is 17.7. The van der Waals surface area contributed by atoms with Gasteiger partial charge in [0.2, 0.25) is 0 Å². The lowest BCUT2D eigenvalue weighted by Crippen LogP contribution is -1.97. The van der Waals surface area contributed by atoms with Crippen LogP contribution in [-0.4, -0.2) is 27.9 Å². The monoisotopic (exact) mass is 328 g/mol. The molecule has 0 amide bonds. The summed E-state index contributed by atoms with van der Waals surface area (Å²) in [5.41, 5.74) is 3.12. The van der Waals surface area contributed by atoms with Crippen LogP contribution in [0.15, 0.2) is 42.5 Å². The molecular formula is C20H24O4. The average Bonchev–Trinajstić information content (AvgIpc) is 2.62. The lowest BCUT2D eigenvalue weighted by molar-refractivity contribution is 0.311. The Morgan fingerprint density at radius 3 is 2.00 bits per heavy atom. The second kappa shape index (κ2) is 8.29. The average molecular weight is 328 g/mol. The van der Waals surface area contributed by atoms with Crippen molar-refractivity contribution in [2.45, 2.75) is 13.8 Å². The Morgan fingerprint density at radius 2 is 1.50 bits per heavy atom. The van der Waals surface area contributed by atoms with Gasteiger partial charge in [0.1, 0.15) is 11.5 Å². The van der Waals surface area contributed by atoms with E-state index in [-0.39, 0.29) is 0 Å². The number of ether oxygens (including phenoxy) is 4. The summed E-state index contributed by atoms with van der Waals surface area (Å²) in [6, 6.07) is 11.8. The molecule has 0 N–H and O–H groups in total. The highest BCUT2D eigenvalue weighted by Gasteiger charge is 2.12. The Bertz CT molecular complexity index is 697. The summed E-state index contributed by atoms with van der Waals surface area (Å²) in [5.74, 6) is 2.95. The van der Waals surface area contributed by atoms with Gasteiger partial charge in [0, 0.05) is 6.07 Å². The summed E-state index contributed by atoms with van der Waals surface area (Å²) < 4.78 is 21.8. The van der Waals surface area contributed by atoms with Gasteiger partial charge < -0.3 is 18.9 Å². The molecule has 0 aliphatic rings. The smallest absolute Gasteiger partial charge is 0.161 e. The number of benzene rings is 2. The number of methoxy groups -OCH3 is 3. The minimum absolute atomic E-state index is 0.581. The first-order chi connectivity index (χ1) is 11.7. The minimum atomic E-state index is 0.581. The molecule has 0 saturated heterocycles. The normalized spacial score (nSPS) is 11.1. The number of allylic oxidation sites excluding steroid dienone is 1. The van der Waals surface area contributed by atoms with Crippen molar-refractivity contribution in [1.29, 1.82) is 0 Å². The molecule has 0 saturated carbocycles. The molecule has 0 heterocycles. The molecule has 2 aromatic carbocycles. The highest BCUT2D eigenvalue weighted by molar-refractivity contribution is 5.81. The quantitative estimate of drug-likeness (QED) is 0.746. The van der Waals surface area contributed by atoms with Crippen molar-refractivity contribution in [1.82, 2.24) is 0 Å². The maximum Gasteiger partial charge on any atom is 0.161 e. The molecular weight excluding hydrogens is 304 g/mol. The molecule has 4 nitrogen and oxygen atoms in total. The van der Waals surface area contributed by atoms with Crippen molar-refractivity contribution < 1.29 is 18.9 Å². The van der Waals surface area contributed by atoms with Crippen LogP contribution in [0.5, 0.6) is 23.0 Å². The fraction of sp³-hybridized carbons (Fsp3) is 0.300. The van der Waals surface area contributed by atoms with Crippen molar-refractivity contribution in [3.63, 3.8) is 0 Å². The fourth-order valence-corrected chi connectivity index (χ4v) is 2.58. The molecule has 0 atom stereocenters. The SMILES string of the molecule is CC=C(c1cc(OC)cc(OC)c1)c1ccc(OC)c(OCC)c1. The van der Waals surface area contributed by atoms with Gasteiger partial charge in [-0.25, -0.2) is 0 Å². The van der Waals surface area contributed by atoms with Gasteiger partial charge in [0.05, 0.1) is 27.9 Å². The number of rotatable bonds is 7. The first-order valence-electron chi connectivity index (χ1n) is 7.87. The van der Waals surface area contributed by atoms with Crippen molar-refractivity contribution in [2.75, 3.05) is 27.9 Å². The standard InChI is InChI=1S/C20H24O4/c1-6-18(15-10-16(21-3)13-17(11-15)22-4)14-8-9-19(23-5)20(12-14)24-7-2/h6,8-13H,7H2,1-5H3. The zero-order valence-electron chi connectivity index (χ0n) is 14.9. The summed E-state index contributed by atoms with van der Waals surface area (Å²) in [6.07, 6.45) is 2.06. The molecule has 4 heteroatoms. The predicted octanol–water partition coefficient (Wildman–Crippen LogP) is 4.56. The molecule has 0 bridgehead atoms. The van der Waals surface area contributed by atoms with Gasteiger partial charge in [0.25, 0.3) is 0 Å². The third-order valence-electron chi connectivity index (χ3n) is 3.73. The molecule has 0 aliphatic carbocycles. The van der Waals surface area contributed by atoms with Crippen LogP contribution in [-0.2, 0) is 0 Å². The van der Waals surface area contributed by atoms with E-state index in [9.17, 15) is 0 Å². The van der Waals surface area contributed by atoms with Crippen molar-refractivity contribution in [3.05, 3.63) is 53.6 Å². The van der Waals surface area contributed by atoms with Crippen LogP contribution < -0.4 is 18.9 Å². The summed E-state index contributed by atoms with van der Waals surface area (Å²) in [4.78, 5) is 0. The molecule has 2 aromatic rings. The van der Waals surface area contributed by atoms with Crippen LogP contribution >= 0.6 is 0 Å². The van der Waals surface area contributed by atoms with Crippen LogP contribution in [0.2, 0.25) is 0 Å². The van der Waals surface area contributed by atoms with Gasteiger partial charge in [-0.15, -0.1) is 0 Å². The molecule has 24 heavy (non-hydrogen) atoms. The highest BCUT2D eigenvalue weighted by Crippen LogP contribution is 2.35. The molecule has 128 valence electrons. The maximum absolute atomic E-state index is 5.69. The second-order valence-electron chi connectivity index (χ2n) is 5.10. The molecule has 0 unspecified atom stereocenters. The summed E-state index contributed by atoms with van der Waals surface area (Å²) in [6.45, 7) is 4.54. The fourth-order valence-electron chi connectivity index (χ4n) is 2.58.